The lowest BCUT2D eigenvalue weighted by atomic mass is 9.99. The molecule has 0 radical (unpaired) electrons. The van der Waals surface area contributed by atoms with E-state index in [0.717, 1.165) is 11.1 Å². The van der Waals surface area contributed by atoms with Gasteiger partial charge in [-0.2, -0.15) is 0 Å². The Kier molecular flexibility index (Phi) is 2.55. The Labute approximate surface area is 101 Å². The van der Waals surface area contributed by atoms with Gasteiger partial charge in [0.2, 0.25) is 0 Å². The molecule has 0 saturated heterocycles. The second-order valence-corrected chi connectivity index (χ2v) is 3.83. The Morgan fingerprint density at radius 2 is 1.82 bits per heavy atom. The summed E-state index contributed by atoms with van der Waals surface area (Å²) in [5.41, 5.74) is 7.09. The fourth-order valence-corrected chi connectivity index (χ4v) is 2.02. The molecule has 2 aliphatic rings. The van der Waals surface area contributed by atoms with Gasteiger partial charge < -0.3 is 15.7 Å². The van der Waals surface area contributed by atoms with Gasteiger partial charge in [0.1, 0.15) is 0 Å². The molecule has 2 aliphatic carbocycles. The number of hydrogen-bond donors (Lipinski definition) is 3. The van der Waals surface area contributed by atoms with E-state index in [9.17, 15) is 9.59 Å². The van der Waals surface area contributed by atoms with Gasteiger partial charge in [-0.3, -0.25) is 9.59 Å². The summed E-state index contributed by atoms with van der Waals surface area (Å²) in [6.07, 6.45) is 6.20. The van der Waals surface area contributed by atoms with E-state index < -0.39 is 11.1 Å². The van der Waals surface area contributed by atoms with Crippen LogP contribution >= 0.6 is 12.4 Å². The minimum atomic E-state index is -0.629. The molecule has 0 saturated carbocycles. The number of H-pyrrole nitrogens is 2. The molecule has 17 heavy (non-hydrogen) atoms. The van der Waals surface area contributed by atoms with Crippen molar-refractivity contribution < 1.29 is 0 Å². The van der Waals surface area contributed by atoms with Gasteiger partial charge in [0, 0.05) is 5.70 Å². The Morgan fingerprint density at radius 1 is 1.12 bits per heavy atom. The van der Waals surface area contributed by atoms with Gasteiger partial charge in [-0.05, 0) is 29.7 Å². The first-order valence-corrected chi connectivity index (χ1v) is 4.90. The molecule has 0 aliphatic heterocycles. The lowest BCUT2D eigenvalue weighted by molar-refractivity contribution is 1.00. The summed E-state index contributed by atoms with van der Waals surface area (Å²) >= 11 is 0. The number of fused-ring (bicyclic) bond motifs is 2. The maximum Gasteiger partial charge on any atom is 0.314 e. The molecule has 0 amide bonds. The first-order valence-electron chi connectivity index (χ1n) is 4.90. The molecule has 1 aromatic rings. The molecule has 0 atom stereocenters. The summed E-state index contributed by atoms with van der Waals surface area (Å²) in [6.45, 7) is 0. The van der Waals surface area contributed by atoms with Crippen molar-refractivity contribution in [2.45, 2.75) is 6.42 Å². The number of rotatable bonds is 0. The van der Waals surface area contributed by atoms with Crippen LogP contribution in [0.5, 0.6) is 0 Å². The van der Waals surface area contributed by atoms with Crippen molar-refractivity contribution in [3.63, 3.8) is 0 Å². The summed E-state index contributed by atoms with van der Waals surface area (Å²) in [6, 6.07) is 0. The maximum atomic E-state index is 11.2. The van der Waals surface area contributed by atoms with Crippen LogP contribution in [0.3, 0.4) is 0 Å². The predicted octanol–water partition coefficient (Wildman–Crippen LogP) is -1.40. The summed E-state index contributed by atoms with van der Waals surface area (Å²) in [7, 11) is 0. The van der Waals surface area contributed by atoms with Gasteiger partial charge >= 0.3 is 11.1 Å². The summed E-state index contributed by atoms with van der Waals surface area (Å²) in [5.74, 6) is 0. The Balaban J connectivity index is 0.00000108. The molecular weight excluding hydrogens is 242 g/mol. The fourth-order valence-electron chi connectivity index (χ4n) is 2.02. The molecular formula is C11H10ClN3O2. The van der Waals surface area contributed by atoms with Gasteiger partial charge in [-0.25, -0.2) is 0 Å². The predicted molar refractivity (Wildman–Crippen MR) is 67.0 cm³/mol. The third-order valence-electron chi connectivity index (χ3n) is 2.78. The highest BCUT2D eigenvalue weighted by molar-refractivity contribution is 5.85. The van der Waals surface area contributed by atoms with Crippen molar-refractivity contribution >= 4 is 24.1 Å². The number of nitrogens with one attached hydrogen (secondary N) is 2. The van der Waals surface area contributed by atoms with Crippen LogP contribution in [-0.2, 0) is 0 Å². The largest absolute Gasteiger partial charge is 0.399 e. The number of hydrogen-bond acceptors (Lipinski definition) is 3. The second kappa shape index (κ2) is 3.78. The Hall–Kier alpha value is -2.01. The van der Waals surface area contributed by atoms with Crippen molar-refractivity contribution in [3.8, 4) is 0 Å². The lowest BCUT2D eigenvalue weighted by Crippen LogP contribution is -2.46. The fraction of sp³-hybridized carbons (Fsp3) is 0.0909. The average Bonchev–Trinajstić information content (AvgIpc) is 2.55. The molecule has 0 bridgehead atoms. The van der Waals surface area contributed by atoms with Gasteiger partial charge in [-0.1, -0.05) is 6.08 Å². The van der Waals surface area contributed by atoms with E-state index in [0.29, 0.717) is 22.8 Å². The number of nitrogens with two attached hydrogens (primary N) is 1. The highest BCUT2D eigenvalue weighted by Gasteiger charge is 2.15. The zero-order valence-electron chi connectivity index (χ0n) is 8.74. The quantitative estimate of drug-likeness (QED) is 0.496. The van der Waals surface area contributed by atoms with Crippen molar-refractivity contribution in [2.24, 2.45) is 5.73 Å². The van der Waals surface area contributed by atoms with E-state index >= 15 is 0 Å². The molecule has 1 heterocycles. The molecule has 0 fully saturated rings. The van der Waals surface area contributed by atoms with Gasteiger partial charge in [-0.15, -0.1) is 12.4 Å². The first kappa shape index (κ1) is 11.5. The van der Waals surface area contributed by atoms with Crippen LogP contribution in [0.4, 0.5) is 0 Å². The first-order chi connectivity index (χ1) is 7.65. The molecule has 0 aromatic carbocycles. The third-order valence-corrected chi connectivity index (χ3v) is 2.78. The van der Waals surface area contributed by atoms with Crippen LogP contribution in [0.2, 0.25) is 0 Å². The monoisotopic (exact) mass is 251 g/mol. The molecule has 4 N–H and O–H groups in total. The van der Waals surface area contributed by atoms with Crippen molar-refractivity contribution in [2.75, 3.05) is 0 Å². The van der Waals surface area contributed by atoms with Gasteiger partial charge in [0.15, 0.2) is 0 Å². The highest BCUT2D eigenvalue weighted by atomic mass is 35.5. The van der Waals surface area contributed by atoms with Crippen molar-refractivity contribution in [3.05, 3.63) is 54.8 Å². The number of aromatic nitrogens is 2. The minimum Gasteiger partial charge on any atom is -0.399 e. The van der Waals surface area contributed by atoms with E-state index in [1.165, 1.54) is 0 Å². The van der Waals surface area contributed by atoms with Crippen LogP contribution in [-0.4, -0.2) is 9.97 Å². The molecule has 1 aromatic heterocycles. The Morgan fingerprint density at radius 3 is 2.59 bits per heavy atom. The number of halogens is 1. The summed E-state index contributed by atoms with van der Waals surface area (Å²) in [4.78, 5) is 27.5. The van der Waals surface area contributed by atoms with Gasteiger partial charge in [0.25, 0.3) is 0 Å². The third kappa shape index (κ3) is 1.64. The zero-order valence-corrected chi connectivity index (χ0v) is 9.56. The molecule has 3 rings (SSSR count). The number of allylic oxidation sites excluding steroid dienone is 3. The second-order valence-electron chi connectivity index (χ2n) is 3.83. The standard InChI is InChI=1S/C11H9N3O2.ClH/c12-6-1-2-7-5(3-6)4-8-9(7)14-11(16)10(15)13-8;/h1,3-4H,2,12H2,(H,13,15)(H,14,16);1H. The molecule has 0 spiro atoms. The average molecular weight is 252 g/mol. The molecule has 88 valence electrons. The van der Waals surface area contributed by atoms with Crippen LogP contribution in [0.25, 0.3) is 11.6 Å². The topological polar surface area (TPSA) is 91.7 Å². The van der Waals surface area contributed by atoms with Crippen molar-refractivity contribution in [1.82, 2.24) is 9.97 Å². The van der Waals surface area contributed by atoms with Gasteiger partial charge in [0.05, 0.1) is 10.7 Å². The van der Waals surface area contributed by atoms with Crippen molar-refractivity contribution in [1.29, 1.82) is 0 Å². The number of aromatic amines is 2. The molecule has 5 nitrogen and oxygen atoms in total. The Bertz CT molecular complexity index is 780. The maximum absolute atomic E-state index is 11.2. The zero-order chi connectivity index (χ0) is 11.3. The van der Waals surface area contributed by atoms with E-state index in [-0.39, 0.29) is 12.4 Å². The lowest BCUT2D eigenvalue weighted by Gasteiger charge is -2.08. The smallest absolute Gasteiger partial charge is 0.314 e. The SMILES string of the molecule is Cl.NC1=CCC2=c3[nH]c(=O)c(=O)[nH]c3=CC2=C1. The highest BCUT2D eigenvalue weighted by Crippen LogP contribution is 2.23. The van der Waals surface area contributed by atoms with Crippen LogP contribution < -0.4 is 27.6 Å². The van der Waals surface area contributed by atoms with E-state index in [2.05, 4.69) is 9.97 Å². The van der Waals surface area contributed by atoms with Crippen LogP contribution in [0, 0.1) is 0 Å². The van der Waals surface area contributed by atoms with Crippen LogP contribution in [0.15, 0.2) is 33.0 Å². The summed E-state index contributed by atoms with van der Waals surface area (Å²) < 4.78 is 0. The molecule has 6 heteroatoms. The minimum absolute atomic E-state index is 0. The summed E-state index contributed by atoms with van der Waals surface area (Å²) in [5, 5.41) is 1.34. The molecule has 0 unspecified atom stereocenters. The van der Waals surface area contributed by atoms with Crippen LogP contribution in [0.1, 0.15) is 6.42 Å². The van der Waals surface area contributed by atoms with E-state index in [1.54, 1.807) is 0 Å². The van der Waals surface area contributed by atoms with E-state index in [1.807, 2.05) is 18.2 Å². The van der Waals surface area contributed by atoms with E-state index in [4.69, 9.17) is 5.73 Å². The normalized spacial score (nSPS) is 16.1.